The number of ketones is 1. The quantitative estimate of drug-likeness (QED) is 0.591. The minimum absolute atomic E-state index is 0.00996. The molecule has 1 rings (SSSR count). The summed E-state index contributed by atoms with van der Waals surface area (Å²) in [5.41, 5.74) is 7.81. The number of hydrogen-bond donors (Lipinski definition) is 1. The Kier molecular flexibility index (Phi) is 3.12. The van der Waals surface area contributed by atoms with Gasteiger partial charge in [0.15, 0.2) is 5.78 Å². The fourth-order valence-electron chi connectivity index (χ4n) is 1.32. The van der Waals surface area contributed by atoms with Gasteiger partial charge in [0, 0.05) is 17.3 Å². The summed E-state index contributed by atoms with van der Waals surface area (Å²) < 4.78 is 5.30. The maximum Gasteiger partial charge on any atom is 0.160 e. The van der Waals surface area contributed by atoms with Crippen LogP contribution in [0.5, 0.6) is 5.75 Å². The molecule has 0 amide bonds. The van der Waals surface area contributed by atoms with Crippen LogP contribution in [-0.4, -0.2) is 12.4 Å². The van der Waals surface area contributed by atoms with Crippen molar-refractivity contribution in [1.82, 2.24) is 0 Å². The summed E-state index contributed by atoms with van der Waals surface area (Å²) >= 11 is 0. The van der Waals surface area contributed by atoms with Crippen molar-refractivity contribution >= 4 is 11.5 Å². The van der Waals surface area contributed by atoms with E-state index in [1.807, 2.05) is 13.8 Å². The first-order valence-corrected chi connectivity index (χ1v) is 4.60. The van der Waals surface area contributed by atoms with Gasteiger partial charge in [-0.25, -0.2) is 0 Å². The van der Waals surface area contributed by atoms with Crippen molar-refractivity contribution in [3.8, 4) is 5.75 Å². The van der Waals surface area contributed by atoms with E-state index in [0.29, 0.717) is 23.6 Å². The van der Waals surface area contributed by atoms with Crippen LogP contribution < -0.4 is 10.5 Å². The number of benzene rings is 1. The molecule has 76 valence electrons. The van der Waals surface area contributed by atoms with E-state index >= 15 is 0 Å². The number of anilines is 1. The van der Waals surface area contributed by atoms with Crippen LogP contribution in [0.2, 0.25) is 0 Å². The topological polar surface area (TPSA) is 52.3 Å². The van der Waals surface area contributed by atoms with E-state index in [4.69, 9.17) is 10.5 Å². The average molecular weight is 193 g/mol. The highest BCUT2D eigenvalue weighted by Gasteiger charge is 2.09. The van der Waals surface area contributed by atoms with Gasteiger partial charge in [-0.15, -0.1) is 0 Å². The van der Waals surface area contributed by atoms with Gasteiger partial charge in [0.05, 0.1) is 6.61 Å². The van der Waals surface area contributed by atoms with Crippen LogP contribution in [0, 0.1) is 6.92 Å². The molecule has 1 aromatic rings. The zero-order valence-corrected chi connectivity index (χ0v) is 8.76. The molecule has 0 saturated heterocycles. The molecular weight excluding hydrogens is 178 g/mol. The lowest BCUT2D eigenvalue weighted by Gasteiger charge is -2.09. The van der Waals surface area contributed by atoms with Crippen LogP contribution in [0.3, 0.4) is 0 Å². The third-order valence-corrected chi connectivity index (χ3v) is 2.11. The number of carbonyl (C=O) groups is 1. The number of hydrogen-bond acceptors (Lipinski definition) is 3. The smallest absolute Gasteiger partial charge is 0.160 e. The fourth-order valence-corrected chi connectivity index (χ4v) is 1.32. The Morgan fingerprint density at radius 1 is 1.50 bits per heavy atom. The normalized spacial score (nSPS) is 9.93. The molecule has 0 aliphatic carbocycles. The summed E-state index contributed by atoms with van der Waals surface area (Å²) in [4.78, 5) is 11.3. The van der Waals surface area contributed by atoms with Crippen molar-refractivity contribution < 1.29 is 9.53 Å². The Hall–Kier alpha value is -1.51. The van der Waals surface area contributed by atoms with Gasteiger partial charge in [0.2, 0.25) is 0 Å². The van der Waals surface area contributed by atoms with Crippen molar-refractivity contribution in [3.63, 3.8) is 0 Å². The molecular formula is C11H15NO2. The molecule has 14 heavy (non-hydrogen) atoms. The summed E-state index contributed by atoms with van der Waals surface area (Å²) in [5.74, 6) is 0.663. The fraction of sp³-hybridized carbons (Fsp3) is 0.364. The number of carbonyl (C=O) groups excluding carboxylic acids is 1. The standard InChI is InChI=1S/C11H15NO2/c1-4-14-9-5-10(8(3)13)7(2)11(12)6-9/h5-6H,4,12H2,1-3H3. The van der Waals surface area contributed by atoms with Crippen molar-refractivity contribution in [2.75, 3.05) is 12.3 Å². The number of Topliss-reactive ketones (excluding diaryl/α,β-unsaturated/α-hetero) is 1. The zero-order chi connectivity index (χ0) is 10.7. The van der Waals surface area contributed by atoms with Crippen molar-refractivity contribution in [2.24, 2.45) is 0 Å². The minimum Gasteiger partial charge on any atom is -0.494 e. The highest BCUT2D eigenvalue weighted by molar-refractivity contribution is 5.97. The highest BCUT2D eigenvalue weighted by atomic mass is 16.5. The molecule has 2 N–H and O–H groups in total. The molecule has 0 aromatic heterocycles. The van der Waals surface area contributed by atoms with Gasteiger partial charge in [0.25, 0.3) is 0 Å². The molecule has 0 saturated carbocycles. The molecule has 3 nitrogen and oxygen atoms in total. The van der Waals surface area contributed by atoms with E-state index in [1.165, 1.54) is 6.92 Å². The first-order chi connectivity index (χ1) is 6.56. The molecule has 0 fully saturated rings. The first kappa shape index (κ1) is 10.6. The molecule has 0 atom stereocenters. The van der Waals surface area contributed by atoms with E-state index in [-0.39, 0.29) is 5.78 Å². The first-order valence-electron chi connectivity index (χ1n) is 4.60. The summed E-state index contributed by atoms with van der Waals surface area (Å²) in [6.45, 7) is 5.82. The lowest BCUT2D eigenvalue weighted by molar-refractivity contribution is 0.101. The van der Waals surface area contributed by atoms with Crippen LogP contribution in [0.4, 0.5) is 5.69 Å². The van der Waals surface area contributed by atoms with E-state index in [2.05, 4.69) is 0 Å². The van der Waals surface area contributed by atoms with Crippen LogP contribution in [0.1, 0.15) is 29.8 Å². The van der Waals surface area contributed by atoms with Crippen molar-refractivity contribution in [3.05, 3.63) is 23.3 Å². The Labute approximate surface area is 83.9 Å². The third kappa shape index (κ3) is 2.05. The molecule has 3 heteroatoms. The predicted molar refractivity (Wildman–Crippen MR) is 56.8 cm³/mol. The molecule has 0 radical (unpaired) electrons. The van der Waals surface area contributed by atoms with E-state index in [0.717, 1.165) is 5.56 Å². The summed E-state index contributed by atoms with van der Waals surface area (Å²) in [7, 11) is 0. The van der Waals surface area contributed by atoms with Crippen molar-refractivity contribution in [2.45, 2.75) is 20.8 Å². The zero-order valence-electron chi connectivity index (χ0n) is 8.76. The second-order valence-corrected chi connectivity index (χ2v) is 3.17. The molecule has 0 aliphatic rings. The van der Waals surface area contributed by atoms with Gasteiger partial charge in [0.1, 0.15) is 5.75 Å². The maximum atomic E-state index is 11.3. The second kappa shape index (κ2) is 4.13. The summed E-state index contributed by atoms with van der Waals surface area (Å²) in [6, 6.07) is 3.48. The number of ether oxygens (including phenoxy) is 1. The van der Waals surface area contributed by atoms with E-state index in [9.17, 15) is 4.79 Å². The van der Waals surface area contributed by atoms with Crippen LogP contribution in [0.15, 0.2) is 12.1 Å². The van der Waals surface area contributed by atoms with Gasteiger partial charge in [-0.05, 0) is 32.4 Å². The molecule has 0 bridgehead atoms. The molecule has 0 heterocycles. The summed E-state index contributed by atoms with van der Waals surface area (Å²) in [5, 5.41) is 0. The Balaban J connectivity index is 3.21. The summed E-state index contributed by atoms with van der Waals surface area (Å²) in [6.07, 6.45) is 0. The van der Waals surface area contributed by atoms with Gasteiger partial charge in [-0.3, -0.25) is 4.79 Å². The Morgan fingerprint density at radius 2 is 2.14 bits per heavy atom. The van der Waals surface area contributed by atoms with Gasteiger partial charge < -0.3 is 10.5 Å². The molecule has 0 spiro atoms. The average Bonchev–Trinajstić information content (AvgIpc) is 2.11. The van der Waals surface area contributed by atoms with Gasteiger partial charge in [-0.2, -0.15) is 0 Å². The van der Waals surface area contributed by atoms with Crippen LogP contribution in [-0.2, 0) is 0 Å². The van der Waals surface area contributed by atoms with Crippen molar-refractivity contribution in [1.29, 1.82) is 0 Å². The largest absolute Gasteiger partial charge is 0.494 e. The lowest BCUT2D eigenvalue weighted by Crippen LogP contribution is -2.02. The van der Waals surface area contributed by atoms with E-state index in [1.54, 1.807) is 12.1 Å². The number of nitrogens with two attached hydrogens (primary N) is 1. The Morgan fingerprint density at radius 3 is 2.64 bits per heavy atom. The third-order valence-electron chi connectivity index (χ3n) is 2.11. The van der Waals surface area contributed by atoms with Gasteiger partial charge >= 0.3 is 0 Å². The maximum absolute atomic E-state index is 11.3. The number of rotatable bonds is 3. The monoisotopic (exact) mass is 193 g/mol. The molecule has 0 unspecified atom stereocenters. The second-order valence-electron chi connectivity index (χ2n) is 3.17. The SMILES string of the molecule is CCOc1cc(N)c(C)c(C(C)=O)c1. The molecule has 1 aromatic carbocycles. The van der Waals surface area contributed by atoms with Crippen LogP contribution in [0.25, 0.3) is 0 Å². The Bertz CT molecular complexity index is 359. The van der Waals surface area contributed by atoms with Gasteiger partial charge in [-0.1, -0.05) is 0 Å². The highest BCUT2D eigenvalue weighted by Crippen LogP contribution is 2.24. The lowest BCUT2D eigenvalue weighted by atomic mass is 10.0. The van der Waals surface area contributed by atoms with E-state index < -0.39 is 0 Å². The number of nitrogen functional groups attached to an aromatic ring is 1. The predicted octanol–water partition coefficient (Wildman–Crippen LogP) is 2.18. The minimum atomic E-state index is 0.00996. The van der Waals surface area contributed by atoms with Crippen LogP contribution >= 0.6 is 0 Å². The molecule has 0 aliphatic heterocycles.